The minimum Gasteiger partial charge on any atom is -0.348 e. The summed E-state index contributed by atoms with van der Waals surface area (Å²) in [5.41, 5.74) is 2.13. The third kappa shape index (κ3) is 4.84. The van der Waals surface area contributed by atoms with E-state index < -0.39 is 0 Å². The summed E-state index contributed by atoms with van der Waals surface area (Å²) in [6, 6.07) is 7.89. The third-order valence-corrected chi connectivity index (χ3v) is 5.09. The lowest BCUT2D eigenvalue weighted by molar-refractivity contribution is -0.126. The molecule has 2 rings (SSSR count). The minimum absolute atomic E-state index is 0.0301. The van der Waals surface area contributed by atoms with E-state index in [1.54, 1.807) is 4.90 Å². The molecule has 0 aromatic heterocycles. The summed E-state index contributed by atoms with van der Waals surface area (Å²) >= 11 is 0.969. The molecule has 0 bridgehead atoms. The van der Waals surface area contributed by atoms with Gasteiger partial charge in [0, 0.05) is 18.2 Å². The second-order valence-electron chi connectivity index (χ2n) is 5.97. The van der Waals surface area contributed by atoms with Gasteiger partial charge in [-0.25, -0.2) is 0 Å². The van der Waals surface area contributed by atoms with Gasteiger partial charge in [-0.2, -0.15) is 0 Å². The quantitative estimate of drug-likeness (QED) is 0.857. The summed E-state index contributed by atoms with van der Waals surface area (Å²) in [7, 11) is 0. The predicted molar refractivity (Wildman–Crippen MR) is 97.0 cm³/mol. The highest BCUT2D eigenvalue weighted by molar-refractivity contribution is 8.14. The maximum absolute atomic E-state index is 12.4. The molecule has 1 aliphatic rings. The molecule has 1 aromatic carbocycles. The van der Waals surface area contributed by atoms with Gasteiger partial charge in [0.1, 0.15) is 0 Å². The van der Waals surface area contributed by atoms with Crippen molar-refractivity contribution in [2.75, 3.05) is 23.7 Å². The van der Waals surface area contributed by atoms with Crippen LogP contribution in [0.2, 0.25) is 0 Å². The van der Waals surface area contributed by atoms with Crippen molar-refractivity contribution in [3.63, 3.8) is 0 Å². The zero-order chi connectivity index (χ0) is 17.5. The van der Waals surface area contributed by atoms with Gasteiger partial charge in [-0.05, 0) is 30.9 Å². The summed E-state index contributed by atoms with van der Waals surface area (Å²) in [5, 5.41) is 2.43. The SMILES string of the molecule is CC[C@H](C)C(=O)NCC(=O)SCC(=O)N1CCCc2ccccc21. The predicted octanol–water partition coefficient (Wildman–Crippen LogP) is 2.39. The maximum atomic E-state index is 12.4. The van der Waals surface area contributed by atoms with Gasteiger partial charge in [-0.1, -0.05) is 43.8 Å². The Morgan fingerprint density at radius 1 is 1.29 bits per heavy atom. The average molecular weight is 348 g/mol. The van der Waals surface area contributed by atoms with Crippen LogP contribution in [0, 0.1) is 5.92 Å². The van der Waals surface area contributed by atoms with Crippen LogP contribution in [0.1, 0.15) is 32.3 Å². The van der Waals surface area contributed by atoms with E-state index in [0.29, 0.717) is 6.54 Å². The number of amides is 2. The number of para-hydroxylation sites is 1. The molecule has 0 aliphatic carbocycles. The molecule has 6 heteroatoms. The zero-order valence-electron chi connectivity index (χ0n) is 14.2. The molecule has 130 valence electrons. The second kappa shape index (κ2) is 8.87. The largest absolute Gasteiger partial charge is 0.348 e. The molecule has 0 spiro atoms. The van der Waals surface area contributed by atoms with Crippen molar-refractivity contribution < 1.29 is 14.4 Å². The average Bonchev–Trinajstić information content (AvgIpc) is 2.62. The van der Waals surface area contributed by atoms with Gasteiger partial charge in [-0.3, -0.25) is 14.4 Å². The van der Waals surface area contributed by atoms with Gasteiger partial charge in [0.25, 0.3) is 0 Å². The van der Waals surface area contributed by atoms with Gasteiger partial charge in [0.15, 0.2) is 0 Å². The van der Waals surface area contributed by atoms with Crippen LogP contribution in [0.25, 0.3) is 0 Å². The fourth-order valence-corrected chi connectivity index (χ4v) is 3.20. The molecule has 1 atom stereocenters. The number of benzene rings is 1. The first-order valence-corrected chi connectivity index (χ1v) is 9.33. The summed E-state index contributed by atoms with van der Waals surface area (Å²) in [6.45, 7) is 4.41. The Balaban J connectivity index is 1.81. The molecule has 0 unspecified atom stereocenters. The van der Waals surface area contributed by atoms with E-state index in [0.717, 1.165) is 36.7 Å². The number of rotatable bonds is 6. The highest BCUT2D eigenvalue weighted by Gasteiger charge is 2.22. The van der Waals surface area contributed by atoms with Crippen molar-refractivity contribution in [3.8, 4) is 0 Å². The lowest BCUT2D eigenvalue weighted by atomic mass is 10.0. The summed E-state index contributed by atoms with van der Waals surface area (Å²) in [4.78, 5) is 37.7. The Labute approximate surface area is 147 Å². The molecule has 1 heterocycles. The van der Waals surface area contributed by atoms with Crippen LogP contribution in [0.4, 0.5) is 5.69 Å². The Morgan fingerprint density at radius 2 is 2.04 bits per heavy atom. The standard InChI is InChI=1S/C18H24N2O3S/c1-3-13(2)18(23)19-11-17(22)24-12-16(21)20-10-6-8-14-7-4-5-9-15(14)20/h4-5,7,9,13H,3,6,8,10-12H2,1-2H3,(H,19,23)/t13-/m0/s1. The van der Waals surface area contributed by atoms with Crippen molar-refractivity contribution in [2.45, 2.75) is 33.1 Å². The number of nitrogens with zero attached hydrogens (tertiary/aromatic N) is 1. The van der Waals surface area contributed by atoms with Crippen molar-refractivity contribution >= 4 is 34.4 Å². The van der Waals surface area contributed by atoms with Crippen LogP contribution < -0.4 is 10.2 Å². The summed E-state index contributed by atoms with van der Waals surface area (Å²) in [6.07, 6.45) is 2.65. The van der Waals surface area contributed by atoms with Gasteiger partial charge in [0.05, 0.1) is 12.3 Å². The molecule has 1 aliphatic heterocycles. The van der Waals surface area contributed by atoms with Gasteiger partial charge in [0.2, 0.25) is 16.9 Å². The molecule has 1 N–H and O–H groups in total. The molecule has 0 saturated heterocycles. The van der Waals surface area contributed by atoms with Crippen LogP contribution in [0.3, 0.4) is 0 Å². The fourth-order valence-electron chi connectivity index (χ4n) is 2.58. The van der Waals surface area contributed by atoms with Crippen molar-refractivity contribution in [3.05, 3.63) is 29.8 Å². The Kier molecular flexibility index (Phi) is 6.85. The number of hydrogen-bond acceptors (Lipinski definition) is 4. The van der Waals surface area contributed by atoms with E-state index in [-0.39, 0.29) is 35.1 Å². The number of nitrogens with one attached hydrogen (secondary N) is 1. The van der Waals surface area contributed by atoms with E-state index in [9.17, 15) is 14.4 Å². The molecule has 24 heavy (non-hydrogen) atoms. The van der Waals surface area contributed by atoms with Gasteiger partial charge < -0.3 is 10.2 Å². The topological polar surface area (TPSA) is 66.5 Å². The smallest absolute Gasteiger partial charge is 0.237 e. The number of hydrogen-bond donors (Lipinski definition) is 1. The van der Waals surface area contributed by atoms with Crippen LogP contribution in [0.5, 0.6) is 0 Å². The molecular formula is C18H24N2O3S. The monoisotopic (exact) mass is 348 g/mol. The molecule has 2 amide bonds. The minimum atomic E-state index is -0.190. The second-order valence-corrected chi connectivity index (χ2v) is 7.00. The summed E-state index contributed by atoms with van der Waals surface area (Å²) < 4.78 is 0. The lowest BCUT2D eigenvalue weighted by Gasteiger charge is -2.29. The van der Waals surface area contributed by atoms with Crippen LogP contribution in [-0.2, 0) is 20.8 Å². The molecule has 5 nitrogen and oxygen atoms in total. The number of fused-ring (bicyclic) bond motifs is 1. The number of anilines is 1. The van der Waals surface area contributed by atoms with E-state index in [2.05, 4.69) is 5.32 Å². The Morgan fingerprint density at radius 3 is 2.79 bits per heavy atom. The highest BCUT2D eigenvalue weighted by Crippen LogP contribution is 2.27. The zero-order valence-corrected chi connectivity index (χ0v) is 15.0. The number of carbonyl (C=O) groups is 3. The molecular weight excluding hydrogens is 324 g/mol. The maximum Gasteiger partial charge on any atom is 0.237 e. The van der Waals surface area contributed by atoms with E-state index >= 15 is 0 Å². The van der Waals surface area contributed by atoms with Gasteiger partial charge >= 0.3 is 0 Å². The molecule has 1 aromatic rings. The van der Waals surface area contributed by atoms with E-state index in [1.807, 2.05) is 38.1 Å². The van der Waals surface area contributed by atoms with Gasteiger partial charge in [-0.15, -0.1) is 0 Å². The first-order chi connectivity index (χ1) is 11.5. The number of aryl methyl sites for hydroxylation is 1. The van der Waals surface area contributed by atoms with Crippen LogP contribution >= 0.6 is 11.8 Å². The van der Waals surface area contributed by atoms with Crippen molar-refractivity contribution in [2.24, 2.45) is 5.92 Å². The number of carbonyl (C=O) groups excluding carboxylic acids is 3. The molecule has 0 radical (unpaired) electrons. The fraction of sp³-hybridized carbons (Fsp3) is 0.500. The highest BCUT2D eigenvalue weighted by atomic mass is 32.2. The van der Waals surface area contributed by atoms with Crippen LogP contribution in [-0.4, -0.2) is 35.8 Å². The van der Waals surface area contributed by atoms with E-state index in [4.69, 9.17) is 0 Å². The van der Waals surface area contributed by atoms with Crippen LogP contribution in [0.15, 0.2) is 24.3 Å². The normalized spacial score (nSPS) is 14.7. The van der Waals surface area contributed by atoms with Crippen molar-refractivity contribution in [1.82, 2.24) is 5.32 Å². The summed E-state index contributed by atoms with van der Waals surface area (Å²) in [5.74, 6) is -0.183. The Hall–Kier alpha value is -1.82. The molecule has 0 saturated carbocycles. The lowest BCUT2D eigenvalue weighted by Crippen LogP contribution is -2.37. The first kappa shape index (κ1) is 18.5. The third-order valence-electron chi connectivity index (χ3n) is 4.23. The first-order valence-electron chi connectivity index (χ1n) is 8.34. The molecule has 0 fully saturated rings. The van der Waals surface area contributed by atoms with E-state index in [1.165, 1.54) is 5.56 Å². The van der Waals surface area contributed by atoms with Crippen molar-refractivity contribution in [1.29, 1.82) is 0 Å². The Bertz CT molecular complexity index is 618. The number of thioether (sulfide) groups is 1.